The summed E-state index contributed by atoms with van der Waals surface area (Å²) in [6.07, 6.45) is -0.300. The summed E-state index contributed by atoms with van der Waals surface area (Å²) in [6, 6.07) is 17.3. The highest BCUT2D eigenvalue weighted by Crippen LogP contribution is 2.24. The lowest BCUT2D eigenvalue weighted by Gasteiger charge is -2.18. The number of benzene rings is 2. The van der Waals surface area contributed by atoms with Crippen LogP contribution in [-0.2, 0) is 4.74 Å². The molecule has 2 aromatic rings. The molecule has 0 amide bonds. The van der Waals surface area contributed by atoms with Crippen LogP contribution in [0.4, 0.5) is 0 Å². The van der Waals surface area contributed by atoms with Gasteiger partial charge >= 0.3 is 0 Å². The first kappa shape index (κ1) is 19.5. The number of likely N-dealkylation sites (N-methyl/N-ethyl adjacent to an activating group) is 1. The molecule has 0 aliphatic carbocycles. The molecule has 1 atom stereocenters. The Morgan fingerprint density at radius 1 is 0.957 bits per heavy atom. The van der Waals surface area contributed by atoms with Crippen LogP contribution in [0.5, 0.6) is 11.5 Å². The highest BCUT2D eigenvalue weighted by Gasteiger charge is 2.11. The molecule has 0 aromatic heterocycles. The number of rotatable bonds is 8. The van der Waals surface area contributed by atoms with Crippen molar-refractivity contribution in [3.63, 3.8) is 0 Å². The van der Waals surface area contributed by atoms with Crippen molar-refractivity contribution in [2.75, 3.05) is 33.9 Å². The second-order valence-corrected chi connectivity index (χ2v) is 5.33. The molecule has 126 valence electrons. The second-order valence-electron chi connectivity index (χ2n) is 5.33. The van der Waals surface area contributed by atoms with Gasteiger partial charge in [-0.2, -0.15) is 0 Å². The summed E-state index contributed by atoms with van der Waals surface area (Å²) in [7, 11) is 3.99. The molecule has 1 N–H and O–H groups in total. The minimum Gasteiger partial charge on any atom is -0.457 e. The summed E-state index contributed by atoms with van der Waals surface area (Å²) < 4.78 is 11.5. The average Bonchev–Trinajstić information content (AvgIpc) is 2.53. The van der Waals surface area contributed by atoms with Gasteiger partial charge in [0.1, 0.15) is 17.6 Å². The van der Waals surface area contributed by atoms with Crippen LogP contribution in [-0.4, -0.2) is 43.9 Å². The summed E-state index contributed by atoms with van der Waals surface area (Å²) >= 11 is 0. The van der Waals surface area contributed by atoms with Crippen LogP contribution in [0.3, 0.4) is 0 Å². The predicted molar refractivity (Wildman–Crippen MR) is 94.5 cm³/mol. The van der Waals surface area contributed by atoms with E-state index in [0.29, 0.717) is 6.61 Å². The van der Waals surface area contributed by atoms with Crippen LogP contribution >= 0.6 is 12.4 Å². The molecule has 2 aromatic carbocycles. The van der Waals surface area contributed by atoms with Gasteiger partial charge in [-0.3, -0.25) is 0 Å². The van der Waals surface area contributed by atoms with Crippen molar-refractivity contribution in [1.82, 2.24) is 4.90 Å². The summed E-state index contributed by atoms with van der Waals surface area (Å²) in [5.41, 5.74) is 0.946. The van der Waals surface area contributed by atoms with Gasteiger partial charge in [-0.25, -0.2) is 0 Å². The zero-order valence-electron chi connectivity index (χ0n) is 13.5. The number of hydrogen-bond acceptors (Lipinski definition) is 4. The number of nitrogens with zero attached hydrogens (tertiary/aromatic N) is 1. The first-order valence-corrected chi connectivity index (χ1v) is 7.39. The van der Waals surface area contributed by atoms with Crippen LogP contribution in [0.25, 0.3) is 0 Å². The topological polar surface area (TPSA) is 41.9 Å². The van der Waals surface area contributed by atoms with Gasteiger partial charge in [0.2, 0.25) is 0 Å². The lowest BCUT2D eigenvalue weighted by molar-refractivity contribution is 0.00592. The van der Waals surface area contributed by atoms with Crippen LogP contribution in [0.2, 0.25) is 0 Å². The fourth-order valence-corrected chi connectivity index (χ4v) is 2.01. The number of hydrogen-bond donors (Lipinski definition) is 1. The molecule has 0 aliphatic heterocycles. The van der Waals surface area contributed by atoms with E-state index >= 15 is 0 Å². The van der Waals surface area contributed by atoms with Crippen molar-refractivity contribution in [3.05, 3.63) is 60.2 Å². The molecule has 0 fully saturated rings. The molecule has 23 heavy (non-hydrogen) atoms. The molecule has 0 bridgehead atoms. The van der Waals surface area contributed by atoms with Gasteiger partial charge in [0.15, 0.2) is 0 Å². The van der Waals surface area contributed by atoms with Gasteiger partial charge in [0, 0.05) is 6.54 Å². The monoisotopic (exact) mass is 337 g/mol. The number of ether oxygens (including phenoxy) is 2. The molecule has 0 spiro atoms. The number of para-hydroxylation sites is 1. The van der Waals surface area contributed by atoms with E-state index in [1.807, 2.05) is 73.6 Å². The quantitative estimate of drug-likeness (QED) is 0.800. The summed E-state index contributed by atoms with van der Waals surface area (Å²) in [5.74, 6) is 1.57. The molecule has 5 heteroatoms. The fourth-order valence-electron chi connectivity index (χ4n) is 2.01. The third kappa shape index (κ3) is 6.59. The normalized spacial score (nSPS) is 11.8. The predicted octanol–water partition coefficient (Wildman–Crippen LogP) is 3.51. The van der Waals surface area contributed by atoms with Gasteiger partial charge in [0.25, 0.3) is 0 Å². The summed E-state index contributed by atoms with van der Waals surface area (Å²) in [6.45, 7) is 1.37. The Hall–Kier alpha value is -1.59. The first-order valence-electron chi connectivity index (χ1n) is 7.39. The molecule has 2 rings (SSSR count). The van der Waals surface area contributed by atoms with Crippen molar-refractivity contribution in [2.45, 2.75) is 6.10 Å². The molecule has 0 saturated heterocycles. The Morgan fingerprint density at radius 3 is 2.13 bits per heavy atom. The lowest BCUT2D eigenvalue weighted by Crippen LogP contribution is -2.20. The van der Waals surface area contributed by atoms with Gasteiger partial charge in [-0.15, -0.1) is 12.4 Å². The number of aliphatic hydroxyl groups excluding tert-OH is 1. The smallest absolute Gasteiger partial charge is 0.127 e. The maximum Gasteiger partial charge on any atom is 0.127 e. The van der Waals surface area contributed by atoms with E-state index in [-0.39, 0.29) is 25.1 Å². The van der Waals surface area contributed by atoms with Crippen molar-refractivity contribution in [1.29, 1.82) is 0 Å². The van der Waals surface area contributed by atoms with Crippen LogP contribution in [0.15, 0.2) is 54.6 Å². The van der Waals surface area contributed by atoms with E-state index in [1.54, 1.807) is 0 Å². The van der Waals surface area contributed by atoms with E-state index in [9.17, 15) is 5.11 Å². The largest absolute Gasteiger partial charge is 0.457 e. The molecular weight excluding hydrogens is 314 g/mol. The third-order valence-electron chi connectivity index (χ3n) is 3.25. The molecular formula is C18H24ClNO3. The molecule has 0 heterocycles. The van der Waals surface area contributed by atoms with E-state index in [0.717, 1.165) is 23.6 Å². The standard InChI is InChI=1S/C18H23NO3.ClH/c1-19(2)12-13-21-18(14-20)15-8-10-17(11-9-15)22-16-6-4-3-5-7-16;/h3-11,18,20H,12-14H2,1-2H3;1H. The van der Waals surface area contributed by atoms with Crippen LogP contribution in [0, 0.1) is 0 Å². The van der Waals surface area contributed by atoms with Crippen LogP contribution in [0.1, 0.15) is 11.7 Å². The zero-order valence-corrected chi connectivity index (χ0v) is 14.3. The highest BCUT2D eigenvalue weighted by atomic mass is 35.5. The molecule has 0 aliphatic rings. The molecule has 0 saturated carbocycles. The van der Waals surface area contributed by atoms with E-state index < -0.39 is 0 Å². The number of aliphatic hydroxyl groups is 1. The van der Waals surface area contributed by atoms with Gasteiger partial charge in [0.05, 0.1) is 13.2 Å². The van der Waals surface area contributed by atoms with Gasteiger partial charge < -0.3 is 19.5 Å². The van der Waals surface area contributed by atoms with Crippen molar-refractivity contribution in [2.24, 2.45) is 0 Å². The SMILES string of the molecule is CN(C)CCOC(CO)c1ccc(Oc2ccccc2)cc1.Cl. The minimum atomic E-state index is -0.300. The van der Waals surface area contributed by atoms with Gasteiger partial charge in [-0.05, 0) is 43.9 Å². The second kappa shape index (κ2) is 10.2. The Kier molecular flexibility index (Phi) is 8.66. The third-order valence-corrected chi connectivity index (χ3v) is 3.25. The Morgan fingerprint density at radius 2 is 1.57 bits per heavy atom. The average molecular weight is 338 g/mol. The molecule has 0 radical (unpaired) electrons. The molecule has 1 unspecified atom stereocenters. The highest BCUT2D eigenvalue weighted by molar-refractivity contribution is 5.85. The Bertz CT molecular complexity index is 546. The molecule has 4 nitrogen and oxygen atoms in total. The van der Waals surface area contributed by atoms with Crippen LogP contribution < -0.4 is 4.74 Å². The number of halogens is 1. The van der Waals surface area contributed by atoms with Gasteiger partial charge in [-0.1, -0.05) is 30.3 Å². The van der Waals surface area contributed by atoms with E-state index in [2.05, 4.69) is 0 Å². The summed E-state index contributed by atoms with van der Waals surface area (Å²) in [5, 5.41) is 9.48. The lowest BCUT2D eigenvalue weighted by atomic mass is 10.1. The van der Waals surface area contributed by atoms with Crippen molar-refractivity contribution in [3.8, 4) is 11.5 Å². The summed E-state index contributed by atoms with van der Waals surface area (Å²) in [4.78, 5) is 2.05. The van der Waals surface area contributed by atoms with Crippen molar-refractivity contribution < 1.29 is 14.6 Å². The van der Waals surface area contributed by atoms with E-state index in [4.69, 9.17) is 9.47 Å². The maximum atomic E-state index is 9.48. The Labute approximate surface area is 144 Å². The van der Waals surface area contributed by atoms with E-state index in [1.165, 1.54) is 0 Å². The maximum absolute atomic E-state index is 9.48. The zero-order chi connectivity index (χ0) is 15.8. The first-order chi connectivity index (χ1) is 10.7. The minimum absolute atomic E-state index is 0. The van der Waals surface area contributed by atoms with Crippen molar-refractivity contribution >= 4 is 12.4 Å². The fraction of sp³-hybridized carbons (Fsp3) is 0.333. The Balaban J connectivity index is 0.00000264.